The molecule has 0 bridgehead atoms. The van der Waals surface area contributed by atoms with E-state index in [-0.39, 0.29) is 6.04 Å². The SMILES string of the molecule is Cc1nn(C)c(C)c1CNC(C)c1ccc(Cl)cc1. The molecule has 1 N–H and O–H groups in total. The average Bonchev–Trinajstić information content (AvgIpc) is 2.62. The highest BCUT2D eigenvalue weighted by Gasteiger charge is 2.11. The Balaban J connectivity index is 2.04. The van der Waals surface area contributed by atoms with Gasteiger partial charge in [-0.05, 0) is 38.5 Å². The van der Waals surface area contributed by atoms with E-state index in [0.29, 0.717) is 0 Å². The van der Waals surface area contributed by atoms with Crippen LogP contribution in [-0.2, 0) is 13.6 Å². The van der Waals surface area contributed by atoms with E-state index in [2.05, 4.69) is 43.3 Å². The molecule has 102 valence electrons. The van der Waals surface area contributed by atoms with Gasteiger partial charge in [0.1, 0.15) is 0 Å². The number of hydrogen-bond acceptors (Lipinski definition) is 2. The lowest BCUT2D eigenvalue weighted by Crippen LogP contribution is -2.18. The van der Waals surface area contributed by atoms with Gasteiger partial charge in [-0.2, -0.15) is 5.10 Å². The predicted molar refractivity (Wildman–Crippen MR) is 79.4 cm³/mol. The highest BCUT2D eigenvalue weighted by molar-refractivity contribution is 6.30. The summed E-state index contributed by atoms with van der Waals surface area (Å²) in [6.07, 6.45) is 0. The van der Waals surface area contributed by atoms with Gasteiger partial charge < -0.3 is 5.32 Å². The molecule has 1 atom stereocenters. The van der Waals surface area contributed by atoms with Gasteiger partial charge in [0.25, 0.3) is 0 Å². The zero-order chi connectivity index (χ0) is 14.0. The molecule has 0 amide bonds. The van der Waals surface area contributed by atoms with Crippen LogP contribution in [0.2, 0.25) is 5.02 Å². The van der Waals surface area contributed by atoms with Crippen LogP contribution >= 0.6 is 11.6 Å². The molecule has 0 fully saturated rings. The molecule has 0 saturated carbocycles. The molecule has 2 aromatic rings. The van der Waals surface area contributed by atoms with Gasteiger partial charge in [-0.1, -0.05) is 23.7 Å². The van der Waals surface area contributed by atoms with E-state index in [4.69, 9.17) is 11.6 Å². The second-order valence-electron chi connectivity index (χ2n) is 4.93. The number of aryl methyl sites for hydroxylation is 2. The quantitative estimate of drug-likeness (QED) is 0.926. The summed E-state index contributed by atoms with van der Waals surface area (Å²) in [6.45, 7) is 7.14. The molecule has 3 nitrogen and oxygen atoms in total. The third-order valence-electron chi connectivity index (χ3n) is 3.61. The summed E-state index contributed by atoms with van der Waals surface area (Å²) in [6, 6.07) is 8.26. The molecule has 0 saturated heterocycles. The lowest BCUT2D eigenvalue weighted by Gasteiger charge is -2.14. The number of hydrogen-bond donors (Lipinski definition) is 1. The smallest absolute Gasteiger partial charge is 0.0641 e. The summed E-state index contributed by atoms with van der Waals surface area (Å²) < 4.78 is 1.93. The zero-order valence-corrected chi connectivity index (χ0v) is 12.6. The minimum atomic E-state index is 0.288. The van der Waals surface area contributed by atoms with E-state index in [0.717, 1.165) is 17.3 Å². The molecule has 1 unspecified atom stereocenters. The second kappa shape index (κ2) is 5.76. The largest absolute Gasteiger partial charge is 0.306 e. The van der Waals surface area contributed by atoms with Crippen molar-refractivity contribution in [1.29, 1.82) is 0 Å². The van der Waals surface area contributed by atoms with Crippen LogP contribution in [0.5, 0.6) is 0 Å². The molecule has 2 rings (SSSR count). The predicted octanol–water partition coefficient (Wildman–Crippen LogP) is 3.54. The summed E-state index contributed by atoms with van der Waals surface area (Å²) in [5, 5.41) is 8.74. The number of halogens is 1. The van der Waals surface area contributed by atoms with E-state index in [1.807, 2.05) is 23.9 Å². The molecule has 1 aromatic carbocycles. The van der Waals surface area contributed by atoms with Crippen LogP contribution in [0.1, 0.15) is 35.5 Å². The van der Waals surface area contributed by atoms with Crippen LogP contribution in [-0.4, -0.2) is 9.78 Å². The number of rotatable bonds is 4. The summed E-state index contributed by atoms with van der Waals surface area (Å²) in [5.74, 6) is 0. The molecule has 0 aliphatic carbocycles. The van der Waals surface area contributed by atoms with Gasteiger partial charge in [-0.15, -0.1) is 0 Å². The minimum absolute atomic E-state index is 0.288. The second-order valence-corrected chi connectivity index (χ2v) is 5.36. The number of benzene rings is 1. The Morgan fingerprint density at radius 3 is 2.42 bits per heavy atom. The summed E-state index contributed by atoms with van der Waals surface area (Å²) in [4.78, 5) is 0. The van der Waals surface area contributed by atoms with Crippen LogP contribution in [0.4, 0.5) is 0 Å². The van der Waals surface area contributed by atoms with Crippen molar-refractivity contribution in [3.05, 3.63) is 51.8 Å². The minimum Gasteiger partial charge on any atom is -0.306 e. The maximum Gasteiger partial charge on any atom is 0.0641 e. The standard InChI is InChI=1S/C15H20ClN3/c1-10(13-5-7-14(16)8-6-13)17-9-15-11(2)18-19(4)12(15)3/h5-8,10,17H,9H2,1-4H3. The molecule has 0 spiro atoms. The number of aromatic nitrogens is 2. The van der Waals surface area contributed by atoms with Crippen molar-refractivity contribution in [2.75, 3.05) is 0 Å². The molecule has 1 aromatic heterocycles. The van der Waals surface area contributed by atoms with Crippen molar-refractivity contribution in [2.45, 2.75) is 33.4 Å². The first-order chi connectivity index (χ1) is 8.99. The van der Waals surface area contributed by atoms with E-state index in [1.165, 1.54) is 16.8 Å². The molecule has 0 aliphatic heterocycles. The molecule has 19 heavy (non-hydrogen) atoms. The zero-order valence-electron chi connectivity index (χ0n) is 11.9. The highest BCUT2D eigenvalue weighted by Crippen LogP contribution is 2.18. The van der Waals surface area contributed by atoms with Crippen LogP contribution in [0.15, 0.2) is 24.3 Å². The average molecular weight is 278 g/mol. The fourth-order valence-corrected chi connectivity index (χ4v) is 2.32. The van der Waals surface area contributed by atoms with Crippen molar-refractivity contribution >= 4 is 11.6 Å². The molecular weight excluding hydrogens is 258 g/mol. The van der Waals surface area contributed by atoms with E-state index < -0.39 is 0 Å². The Hall–Kier alpha value is -1.32. The Morgan fingerprint density at radius 2 is 1.89 bits per heavy atom. The molecule has 4 heteroatoms. The van der Waals surface area contributed by atoms with Gasteiger partial charge in [0, 0.05) is 35.9 Å². The van der Waals surface area contributed by atoms with Crippen molar-refractivity contribution < 1.29 is 0 Å². The number of nitrogens with one attached hydrogen (secondary N) is 1. The Kier molecular flexibility index (Phi) is 4.27. The fraction of sp³-hybridized carbons (Fsp3) is 0.400. The van der Waals surface area contributed by atoms with Gasteiger partial charge in [0.2, 0.25) is 0 Å². The third kappa shape index (κ3) is 3.17. The number of nitrogens with zero attached hydrogens (tertiary/aromatic N) is 2. The van der Waals surface area contributed by atoms with E-state index >= 15 is 0 Å². The Bertz CT molecular complexity index is 558. The van der Waals surface area contributed by atoms with Crippen molar-refractivity contribution in [3.8, 4) is 0 Å². The first-order valence-corrected chi connectivity index (χ1v) is 6.84. The summed E-state index contributed by atoms with van der Waals surface area (Å²) in [5.41, 5.74) is 4.83. The van der Waals surface area contributed by atoms with Crippen LogP contribution in [0, 0.1) is 13.8 Å². The topological polar surface area (TPSA) is 29.9 Å². The van der Waals surface area contributed by atoms with E-state index in [9.17, 15) is 0 Å². The van der Waals surface area contributed by atoms with Gasteiger partial charge in [-0.25, -0.2) is 0 Å². The van der Waals surface area contributed by atoms with Crippen LogP contribution in [0.25, 0.3) is 0 Å². The maximum atomic E-state index is 5.90. The van der Waals surface area contributed by atoms with Gasteiger partial charge >= 0.3 is 0 Å². The molecular formula is C15H20ClN3. The van der Waals surface area contributed by atoms with Crippen LogP contribution < -0.4 is 5.32 Å². The van der Waals surface area contributed by atoms with Crippen molar-refractivity contribution in [3.63, 3.8) is 0 Å². The maximum absolute atomic E-state index is 5.90. The first kappa shape index (κ1) is 14.1. The summed E-state index contributed by atoms with van der Waals surface area (Å²) >= 11 is 5.90. The van der Waals surface area contributed by atoms with Gasteiger partial charge in [-0.3, -0.25) is 4.68 Å². The Labute approximate surface area is 119 Å². The third-order valence-corrected chi connectivity index (χ3v) is 3.87. The van der Waals surface area contributed by atoms with Gasteiger partial charge in [0.15, 0.2) is 0 Å². The first-order valence-electron chi connectivity index (χ1n) is 6.47. The summed E-state index contributed by atoms with van der Waals surface area (Å²) in [7, 11) is 1.98. The molecule has 0 radical (unpaired) electrons. The monoisotopic (exact) mass is 277 g/mol. The lowest BCUT2D eigenvalue weighted by molar-refractivity contribution is 0.571. The lowest BCUT2D eigenvalue weighted by atomic mass is 10.1. The van der Waals surface area contributed by atoms with E-state index in [1.54, 1.807) is 0 Å². The van der Waals surface area contributed by atoms with Gasteiger partial charge in [0.05, 0.1) is 5.69 Å². The highest BCUT2D eigenvalue weighted by atomic mass is 35.5. The van der Waals surface area contributed by atoms with Crippen molar-refractivity contribution in [2.24, 2.45) is 7.05 Å². The Morgan fingerprint density at radius 1 is 1.26 bits per heavy atom. The fourth-order valence-electron chi connectivity index (χ4n) is 2.20. The molecule has 1 heterocycles. The van der Waals surface area contributed by atoms with Crippen LogP contribution in [0.3, 0.4) is 0 Å². The normalized spacial score (nSPS) is 12.7. The molecule has 0 aliphatic rings. The van der Waals surface area contributed by atoms with Crippen molar-refractivity contribution in [1.82, 2.24) is 15.1 Å².